The minimum atomic E-state index is -3.70. The minimum absolute atomic E-state index is 0.0561. The predicted molar refractivity (Wildman–Crippen MR) is 134 cm³/mol. The normalized spacial score (nSPS) is 11.8. The van der Waals surface area contributed by atoms with Crippen molar-refractivity contribution in [3.63, 3.8) is 0 Å². The summed E-state index contributed by atoms with van der Waals surface area (Å²) < 4.78 is 46.8. The Bertz CT molecular complexity index is 1660. The standard InChI is InChI=1S/C23H22N6O5S2/c1-14-25-18-6-5-16(13-20(18)35-14)36(30,31)24-10-11-34-22-9-8-21-26-27-23(29(21)28-22)17-12-15(32-2)4-7-19(17)33-3/h4-9,12-13,24H,10-11H2,1-3H3. The maximum atomic E-state index is 12.7. The number of sulfonamides is 1. The second-order valence-corrected chi connectivity index (χ2v) is 10.6. The van der Waals surface area contributed by atoms with E-state index in [1.54, 1.807) is 62.8 Å². The van der Waals surface area contributed by atoms with Crippen molar-refractivity contribution in [3.05, 3.63) is 53.5 Å². The van der Waals surface area contributed by atoms with Crippen LogP contribution in [-0.2, 0) is 10.0 Å². The summed E-state index contributed by atoms with van der Waals surface area (Å²) in [7, 11) is -0.565. The largest absolute Gasteiger partial charge is 0.497 e. The molecule has 0 saturated carbocycles. The fourth-order valence-electron chi connectivity index (χ4n) is 3.61. The first-order valence-corrected chi connectivity index (χ1v) is 13.1. The fraction of sp³-hybridized carbons (Fsp3) is 0.217. The Morgan fingerprint density at radius 1 is 1.03 bits per heavy atom. The van der Waals surface area contributed by atoms with Crippen molar-refractivity contribution < 1.29 is 22.6 Å². The quantitative estimate of drug-likeness (QED) is 0.288. The zero-order valence-electron chi connectivity index (χ0n) is 19.6. The van der Waals surface area contributed by atoms with Gasteiger partial charge in [0, 0.05) is 12.6 Å². The predicted octanol–water partition coefficient (Wildman–Crippen LogP) is 3.08. The van der Waals surface area contributed by atoms with Crippen molar-refractivity contribution in [2.75, 3.05) is 27.4 Å². The van der Waals surface area contributed by atoms with Crippen LogP contribution in [0.1, 0.15) is 5.01 Å². The van der Waals surface area contributed by atoms with Crippen molar-refractivity contribution >= 4 is 37.2 Å². The van der Waals surface area contributed by atoms with Gasteiger partial charge >= 0.3 is 0 Å². The van der Waals surface area contributed by atoms with Crippen LogP contribution in [0.2, 0.25) is 0 Å². The van der Waals surface area contributed by atoms with E-state index in [1.807, 2.05) is 6.92 Å². The smallest absolute Gasteiger partial charge is 0.240 e. The van der Waals surface area contributed by atoms with Gasteiger partial charge in [-0.2, -0.15) is 4.52 Å². The molecule has 13 heteroatoms. The summed E-state index contributed by atoms with van der Waals surface area (Å²) in [5, 5.41) is 13.7. The summed E-state index contributed by atoms with van der Waals surface area (Å²) in [5.74, 6) is 1.94. The van der Waals surface area contributed by atoms with E-state index in [4.69, 9.17) is 14.2 Å². The van der Waals surface area contributed by atoms with Crippen LogP contribution in [0.3, 0.4) is 0 Å². The second kappa shape index (κ2) is 9.68. The van der Waals surface area contributed by atoms with Crippen LogP contribution >= 0.6 is 11.3 Å². The zero-order chi connectivity index (χ0) is 25.3. The van der Waals surface area contributed by atoms with Gasteiger partial charge < -0.3 is 14.2 Å². The third-order valence-electron chi connectivity index (χ3n) is 5.31. The number of hydrogen-bond acceptors (Lipinski definition) is 10. The summed E-state index contributed by atoms with van der Waals surface area (Å²) in [6.45, 7) is 2.01. The number of thiazole rings is 1. The zero-order valence-corrected chi connectivity index (χ0v) is 21.3. The molecular weight excluding hydrogens is 504 g/mol. The molecule has 0 fully saturated rings. The van der Waals surface area contributed by atoms with E-state index in [-0.39, 0.29) is 23.9 Å². The molecule has 5 rings (SSSR count). The first-order valence-electron chi connectivity index (χ1n) is 10.8. The van der Waals surface area contributed by atoms with Gasteiger partial charge in [0.25, 0.3) is 0 Å². The molecule has 0 spiro atoms. The number of ether oxygens (including phenoxy) is 3. The molecule has 11 nitrogen and oxygen atoms in total. The molecule has 5 aromatic rings. The summed E-state index contributed by atoms with van der Waals surface area (Å²) >= 11 is 1.45. The summed E-state index contributed by atoms with van der Waals surface area (Å²) in [6.07, 6.45) is 0. The minimum Gasteiger partial charge on any atom is -0.497 e. The number of fused-ring (bicyclic) bond motifs is 2. The van der Waals surface area contributed by atoms with E-state index in [0.29, 0.717) is 28.5 Å². The highest BCUT2D eigenvalue weighted by atomic mass is 32.2. The molecule has 0 atom stereocenters. The Morgan fingerprint density at radius 3 is 2.69 bits per heavy atom. The Labute approximate surface area is 210 Å². The third-order valence-corrected chi connectivity index (χ3v) is 7.70. The molecule has 36 heavy (non-hydrogen) atoms. The number of nitrogens with zero attached hydrogens (tertiary/aromatic N) is 5. The maximum Gasteiger partial charge on any atom is 0.240 e. The van der Waals surface area contributed by atoms with Gasteiger partial charge in [-0.1, -0.05) is 0 Å². The van der Waals surface area contributed by atoms with E-state index in [0.717, 1.165) is 15.2 Å². The van der Waals surface area contributed by atoms with Gasteiger partial charge in [-0.25, -0.2) is 18.1 Å². The highest BCUT2D eigenvalue weighted by Gasteiger charge is 2.17. The highest BCUT2D eigenvalue weighted by molar-refractivity contribution is 7.89. The maximum absolute atomic E-state index is 12.7. The number of aromatic nitrogens is 5. The van der Waals surface area contributed by atoms with Crippen molar-refractivity contribution in [3.8, 4) is 28.8 Å². The third kappa shape index (κ3) is 4.67. The summed E-state index contributed by atoms with van der Waals surface area (Å²) in [6, 6.07) is 13.6. The monoisotopic (exact) mass is 526 g/mol. The molecule has 1 N–H and O–H groups in total. The topological polar surface area (TPSA) is 130 Å². The van der Waals surface area contributed by atoms with Gasteiger partial charge in [0.15, 0.2) is 11.5 Å². The SMILES string of the molecule is COc1ccc(OC)c(-c2nnc3ccc(OCCNS(=O)(=O)c4ccc5nc(C)sc5c4)nn23)c1. The van der Waals surface area contributed by atoms with E-state index in [1.165, 1.54) is 15.9 Å². The van der Waals surface area contributed by atoms with Crippen LogP contribution in [0.25, 0.3) is 27.3 Å². The summed E-state index contributed by atoms with van der Waals surface area (Å²) in [5.41, 5.74) is 1.94. The summed E-state index contributed by atoms with van der Waals surface area (Å²) in [4.78, 5) is 4.54. The first kappa shape index (κ1) is 23.9. The lowest BCUT2D eigenvalue weighted by Gasteiger charge is -2.10. The van der Waals surface area contributed by atoms with Crippen LogP contribution in [0, 0.1) is 6.92 Å². The van der Waals surface area contributed by atoms with E-state index >= 15 is 0 Å². The molecule has 0 radical (unpaired) electrons. The molecule has 0 saturated heterocycles. The van der Waals surface area contributed by atoms with Crippen LogP contribution in [-0.4, -0.2) is 60.6 Å². The Hall–Kier alpha value is -3.81. The van der Waals surface area contributed by atoms with Crippen molar-refractivity contribution in [2.45, 2.75) is 11.8 Å². The molecule has 0 aliphatic heterocycles. The fourth-order valence-corrected chi connectivity index (χ4v) is 5.59. The number of methoxy groups -OCH3 is 2. The van der Waals surface area contributed by atoms with Gasteiger partial charge in [0.1, 0.15) is 18.1 Å². The molecule has 0 bridgehead atoms. The number of benzene rings is 2. The van der Waals surface area contributed by atoms with E-state index in [9.17, 15) is 8.42 Å². The van der Waals surface area contributed by atoms with Gasteiger partial charge in [0.2, 0.25) is 15.9 Å². The lowest BCUT2D eigenvalue weighted by atomic mass is 10.2. The van der Waals surface area contributed by atoms with E-state index < -0.39 is 10.0 Å². The van der Waals surface area contributed by atoms with E-state index in [2.05, 4.69) is 25.0 Å². The molecule has 186 valence electrons. The van der Waals surface area contributed by atoms with Crippen molar-refractivity contribution in [2.24, 2.45) is 0 Å². The number of rotatable bonds is 9. The Kier molecular flexibility index (Phi) is 6.43. The van der Waals surface area contributed by atoms with Crippen LogP contribution < -0.4 is 18.9 Å². The highest BCUT2D eigenvalue weighted by Crippen LogP contribution is 2.32. The number of hydrogen-bond donors (Lipinski definition) is 1. The molecule has 3 heterocycles. The molecule has 0 aliphatic carbocycles. The Morgan fingerprint density at radius 2 is 1.89 bits per heavy atom. The molecule has 0 aliphatic rings. The lowest BCUT2D eigenvalue weighted by Crippen LogP contribution is -2.28. The van der Waals surface area contributed by atoms with Gasteiger partial charge in [0.05, 0.1) is 39.9 Å². The molecule has 0 unspecified atom stereocenters. The first-order chi connectivity index (χ1) is 17.4. The second-order valence-electron chi connectivity index (χ2n) is 7.64. The average Bonchev–Trinajstić information content (AvgIpc) is 3.47. The van der Waals surface area contributed by atoms with Crippen LogP contribution in [0.5, 0.6) is 17.4 Å². The molecular formula is C23H22N6O5S2. The number of nitrogens with one attached hydrogen (secondary N) is 1. The number of aryl methyl sites for hydroxylation is 1. The molecule has 3 aromatic heterocycles. The van der Waals surface area contributed by atoms with Crippen molar-refractivity contribution in [1.82, 2.24) is 29.5 Å². The van der Waals surface area contributed by atoms with Crippen LogP contribution in [0.4, 0.5) is 0 Å². The Balaban J connectivity index is 1.29. The lowest BCUT2D eigenvalue weighted by molar-refractivity contribution is 0.306. The van der Waals surface area contributed by atoms with Crippen LogP contribution in [0.15, 0.2) is 53.4 Å². The molecule has 2 aromatic carbocycles. The van der Waals surface area contributed by atoms with Gasteiger partial charge in [-0.15, -0.1) is 26.6 Å². The van der Waals surface area contributed by atoms with Gasteiger partial charge in [-0.05, 0) is 49.4 Å². The van der Waals surface area contributed by atoms with Gasteiger partial charge in [-0.3, -0.25) is 0 Å². The van der Waals surface area contributed by atoms with Crippen molar-refractivity contribution in [1.29, 1.82) is 0 Å². The average molecular weight is 527 g/mol. The molecule has 0 amide bonds.